The van der Waals surface area contributed by atoms with Crippen LogP contribution in [0.25, 0.3) is 11.2 Å². The molecule has 2 N–H and O–H groups in total. The van der Waals surface area contributed by atoms with Crippen LogP contribution in [0.4, 0.5) is 0 Å². The number of ether oxygens (including phenoxy) is 1. The third-order valence-corrected chi connectivity index (χ3v) is 8.44. The summed E-state index contributed by atoms with van der Waals surface area (Å²) in [6.07, 6.45) is 3.59. The monoisotopic (exact) mass is 552 g/mol. The molecule has 206 valence electrons. The molecule has 11 nitrogen and oxygen atoms in total. The molecule has 39 heavy (non-hydrogen) atoms. The van der Waals surface area contributed by atoms with Gasteiger partial charge in [-0.15, -0.1) is 0 Å². The van der Waals surface area contributed by atoms with E-state index < -0.39 is 21.3 Å². The third-order valence-electron chi connectivity index (χ3n) is 7.03. The lowest BCUT2D eigenvalue weighted by Gasteiger charge is -2.29. The van der Waals surface area contributed by atoms with Gasteiger partial charge in [0.15, 0.2) is 11.2 Å². The van der Waals surface area contributed by atoms with Crippen LogP contribution in [-0.2, 0) is 29.7 Å². The van der Waals surface area contributed by atoms with E-state index in [1.165, 1.54) is 4.57 Å². The van der Waals surface area contributed by atoms with Crippen LogP contribution in [0.1, 0.15) is 30.9 Å². The summed E-state index contributed by atoms with van der Waals surface area (Å²) >= 11 is 0. The van der Waals surface area contributed by atoms with Crippen molar-refractivity contribution in [1.82, 2.24) is 28.7 Å². The molecular weight excluding hydrogens is 520 g/mol. The minimum absolute atomic E-state index is 0.111. The van der Waals surface area contributed by atoms with Crippen molar-refractivity contribution in [3.05, 3.63) is 86.8 Å². The van der Waals surface area contributed by atoms with E-state index in [0.29, 0.717) is 23.5 Å². The van der Waals surface area contributed by atoms with E-state index in [1.54, 1.807) is 47.3 Å². The second-order valence-corrected chi connectivity index (χ2v) is 11.5. The van der Waals surface area contributed by atoms with Gasteiger partial charge in [0.2, 0.25) is 10.0 Å². The number of aromatic amines is 1. The summed E-state index contributed by atoms with van der Waals surface area (Å²) in [5, 5.41) is 0. The van der Waals surface area contributed by atoms with E-state index >= 15 is 0 Å². The Kier molecular flexibility index (Phi) is 7.69. The number of fused-ring (bicyclic) bond motifs is 1. The standard InChI is InChI=1S/C27H32N6O5S/c1-3-32-18-28-25-24(32)26(34)30-27(35)33(25)17-20-6-4-19(5-7-20)16-29-39(36,37)23-10-8-21(9-11-23)38-22-12-14-31(2)15-13-22/h4-11,18,22,29H,3,12-17H2,1-2H3,(H,30,34,35). The van der Waals surface area contributed by atoms with Crippen LogP contribution in [0, 0.1) is 0 Å². The second kappa shape index (κ2) is 11.2. The Bertz CT molecular complexity index is 1670. The molecule has 1 saturated heterocycles. The molecule has 0 atom stereocenters. The molecule has 0 spiro atoms. The quantitative estimate of drug-likeness (QED) is 0.324. The third kappa shape index (κ3) is 5.97. The number of benzene rings is 2. The largest absolute Gasteiger partial charge is 0.490 e. The number of aromatic nitrogens is 4. The predicted octanol–water partition coefficient (Wildman–Crippen LogP) is 1.91. The number of imidazole rings is 1. The maximum atomic E-state index is 12.8. The van der Waals surface area contributed by atoms with Crippen LogP contribution in [0.15, 0.2) is 69.3 Å². The van der Waals surface area contributed by atoms with Gasteiger partial charge in [-0.2, -0.15) is 0 Å². The van der Waals surface area contributed by atoms with Crippen molar-refractivity contribution in [3.8, 4) is 5.75 Å². The molecule has 0 aliphatic carbocycles. The summed E-state index contributed by atoms with van der Waals surface area (Å²) in [7, 11) is -1.62. The molecule has 0 radical (unpaired) electrons. The fraction of sp³-hybridized carbons (Fsp3) is 0.370. The number of rotatable bonds is 9. The highest BCUT2D eigenvalue weighted by Gasteiger charge is 2.19. The van der Waals surface area contributed by atoms with Crippen molar-refractivity contribution in [3.63, 3.8) is 0 Å². The molecule has 2 aromatic heterocycles. The highest BCUT2D eigenvalue weighted by atomic mass is 32.2. The molecule has 0 bridgehead atoms. The summed E-state index contributed by atoms with van der Waals surface area (Å²) in [4.78, 5) is 33.8. The summed E-state index contributed by atoms with van der Waals surface area (Å²) in [5.41, 5.74) is 1.25. The van der Waals surface area contributed by atoms with Gasteiger partial charge in [0, 0.05) is 26.2 Å². The summed E-state index contributed by atoms with van der Waals surface area (Å²) in [5.74, 6) is 0.666. The van der Waals surface area contributed by atoms with Crippen molar-refractivity contribution >= 4 is 21.2 Å². The Labute approximate surface area is 226 Å². The number of hydrogen-bond donors (Lipinski definition) is 2. The topological polar surface area (TPSA) is 131 Å². The van der Waals surface area contributed by atoms with Crippen molar-refractivity contribution in [2.75, 3.05) is 20.1 Å². The molecular formula is C27H32N6O5S. The summed E-state index contributed by atoms with van der Waals surface area (Å²) in [6, 6.07) is 13.7. The van der Waals surface area contributed by atoms with Gasteiger partial charge in [0.05, 0.1) is 17.8 Å². The number of likely N-dealkylation sites (tertiary alicyclic amines) is 1. The Morgan fingerprint density at radius 1 is 1.03 bits per heavy atom. The van der Waals surface area contributed by atoms with Crippen molar-refractivity contribution in [2.24, 2.45) is 0 Å². The van der Waals surface area contributed by atoms with Crippen molar-refractivity contribution in [1.29, 1.82) is 0 Å². The molecule has 0 saturated carbocycles. The Balaban J connectivity index is 1.21. The van der Waals surface area contributed by atoms with Gasteiger partial charge >= 0.3 is 5.69 Å². The zero-order chi connectivity index (χ0) is 27.6. The summed E-state index contributed by atoms with van der Waals surface area (Å²) < 4.78 is 37.4. The van der Waals surface area contributed by atoms with E-state index in [4.69, 9.17) is 4.74 Å². The van der Waals surface area contributed by atoms with Gasteiger partial charge in [-0.05, 0) is 62.2 Å². The van der Waals surface area contributed by atoms with E-state index in [2.05, 4.69) is 26.6 Å². The van der Waals surface area contributed by atoms with Gasteiger partial charge in [-0.25, -0.2) is 22.9 Å². The minimum Gasteiger partial charge on any atom is -0.490 e. The lowest BCUT2D eigenvalue weighted by Crippen LogP contribution is -2.35. The van der Waals surface area contributed by atoms with E-state index in [1.807, 2.05) is 19.1 Å². The van der Waals surface area contributed by atoms with E-state index in [9.17, 15) is 18.0 Å². The van der Waals surface area contributed by atoms with Crippen molar-refractivity contribution in [2.45, 2.75) is 50.4 Å². The molecule has 0 unspecified atom stereocenters. The van der Waals surface area contributed by atoms with Crippen LogP contribution in [0.3, 0.4) is 0 Å². The number of piperidine rings is 1. The number of nitrogens with one attached hydrogen (secondary N) is 2. The average Bonchev–Trinajstić information content (AvgIpc) is 3.37. The lowest BCUT2D eigenvalue weighted by atomic mass is 10.1. The minimum atomic E-state index is -3.71. The zero-order valence-corrected chi connectivity index (χ0v) is 22.8. The zero-order valence-electron chi connectivity index (χ0n) is 22.0. The second-order valence-electron chi connectivity index (χ2n) is 9.78. The lowest BCUT2D eigenvalue weighted by molar-refractivity contribution is 0.114. The fourth-order valence-electron chi connectivity index (χ4n) is 4.71. The molecule has 1 aliphatic rings. The maximum absolute atomic E-state index is 12.8. The molecule has 3 heterocycles. The first-order valence-corrected chi connectivity index (χ1v) is 14.4. The predicted molar refractivity (Wildman–Crippen MR) is 147 cm³/mol. The molecule has 4 aromatic rings. The summed E-state index contributed by atoms with van der Waals surface area (Å²) in [6.45, 7) is 4.75. The highest BCUT2D eigenvalue weighted by molar-refractivity contribution is 7.89. The molecule has 12 heteroatoms. The Morgan fingerprint density at radius 3 is 2.36 bits per heavy atom. The Hall–Kier alpha value is -3.74. The van der Waals surface area contributed by atoms with Gasteiger partial charge in [-0.1, -0.05) is 24.3 Å². The smallest absolute Gasteiger partial charge is 0.330 e. The average molecular weight is 553 g/mol. The molecule has 5 rings (SSSR count). The van der Waals surface area contributed by atoms with E-state index in [-0.39, 0.29) is 24.1 Å². The van der Waals surface area contributed by atoms with Crippen LogP contribution in [-0.4, -0.2) is 58.7 Å². The molecule has 0 amide bonds. The number of sulfonamides is 1. The Morgan fingerprint density at radius 2 is 1.69 bits per heavy atom. The maximum Gasteiger partial charge on any atom is 0.330 e. The number of nitrogens with zero attached hydrogens (tertiary/aromatic N) is 4. The van der Waals surface area contributed by atoms with Crippen LogP contribution >= 0.6 is 0 Å². The number of H-pyrrole nitrogens is 1. The normalized spacial score (nSPS) is 15.1. The molecule has 1 fully saturated rings. The van der Waals surface area contributed by atoms with Gasteiger partial charge in [0.25, 0.3) is 5.56 Å². The van der Waals surface area contributed by atoms with Crippen LogP contribution in [0.2, 0.25) is 0 Å². The number of hydrogen-bond acceptors (Lipinski definition) is 7. The highest BCUT2D eigenvalue weighted by Crippen LogP contribution is 2.21. The number of aryl methyl sites for hydroxylation is 1. The fourth-order valence-corrected chi connectivity index (χ4v) is 5.72. The van der Waals surface area contributed by atoms with Gasteiger partial charge in [-0.3, -0.25) is 14.3 Å². The molecule has 2 aromatic carbocycles. The SMILES string of the molecule is CCn1cnc2c1c(=O)[nH]c(=O)n2Cc1ccc(CNS(=O)(=O)c2ccc(OC3CCN(C)CC3)cc2)cc1. The van der Waals surface area contributed by atoms with Crippen molar-refractivity contribution < 1.29 is 13.2 Å². The van der Waals surface area contributed by atoms with Crippen LogP contribution < -0.4 is 20.7 Å². The molecule has 1 aliphatic heterocycles. The first kappa shape index (κ1) is 26.9. The van der Waals surface area contributed by atoms with Crippen LogP contribution in [0.5, 0.6) is 5.75 Å². The van der Waals surface area contributed by atoms with E-state index in [0.717, 1.165) is 37.1 Å². The first-order chi connectivity index (χ1) is 18.7. The first-order valence-electron chi connectivity index (χ1n) is 12.9. The van der Waals surface area contributed by atoms with Gasteiger partial charge in [0.1, 0.15) is 11.9 Å². The van der Waals surface area contributed by atoms with Gasteiger partial charge < -0.3 is 14.2 Å².